The Morgan fingerprint density at radius 3 is 2.42 bits per heavy atom. The number of hydrogen-bond donors (Lipinski definition) is 0. The van der Waals surface area contributed by atoms with Gasteiger partial charge in [0.15, 0.2) is 0 Å². The van der Waals surface area contributed by atoms with Gasteiger partial charge in [-0.3, -0.25) is 19.7 Å². The van der Waals surface area contributed by atoms with Crippen molar-refractivity contribution in [1.82, 2.24) is 4.90 Å². The molecule has 9 heteroatoms. The first-order valence-corrected chi connectivity index (χ1v) is 10.6. The molecule has 2 saturated heterocycles. The lowest BCUT2D eigenvalue weighted by Crippen LogP contribution is -2.50. The fourth-order valence-corrected chi connectivity index (χ4v) is 4.35. The van der Waals surface area contributed by atoms with Crippen LogP contribution >= 0.6 is 11.6 Å². The van der Waals surface area contributed by atoms with Crippen molar-refractivity contribution in [1.29, 1.82) is 0 Å². The first-order chi connectivity index (χ1) is 14.8. The highest BCUT2D eigenvalue weighted by atomic mass is 35.5. The highest BCUT2D eigenvalue weighted by Gasteiger charge is 2.38. The number of nitro benzene ring substituents is 1. The third-order valence-corrected chi connectivity index (χ3v) is 6.12. The zero-order valence-corrected chi connectivity index (χ0v) is 17.9. The van der Waals surface area contributed by atoms with E-state index in [0.717, 1.165) is 11.3 Å². The molecule has 31 heavy (non-hydrogen) atoms. The van der Waals surface area contributed by atoms with Crippen molar-refractivity contribution in [3.63, 3.8) is 0 Å². The van der Waals surface area contributed by atoms with Gasteiger partial charge in [-0.05, 0) is 31.2 Å². The Hall–Kier alpha value is -3.13. The first-order valence-electron chi connectivity index (χ1n) is 10.2. The second-order valence-corrected chi connectivity index (χ2v) is 8.38. The minimum atomic E-state index is -0.442. The third kappa shape index (κ3) is 4.34. The summed E-state index contributed by atoms with van der Waals surface area (Å²) in [5, 5.41) is 11.7. The van der Waals surface area contributed by atoms with E-state index in [9.17, 15) is 19.7 Å². The number of amides is 2. The van der Waals surface area contributed by atoms with E-state index in [0.29, 0.717) is 43.4 Å². The Bertz CT molecular complexity index is 1020. The molecule has 8 nitrogen and oxygen atoms in total. The van der Waals surface area contributed by atoms with Crippen molar-refractivity contribution >= 4 is 40.5 Å². The van der Waals surface area contributed by atoms with E-state index in [4.69, 9.17) is 11.6 Å². The highest BCUT2D eigenvalue weighted by molar-refractivity contribution is 6.30. The number of nitro groups is 1. The molecule has 2 aromatic carbocycles. The zero-order chi connectivity index (χ0) is 22.1. The van der Waals surface area contributed by atoms with Gasteiger partial charge in [-0.25, -0.2) is 0 Å². The van der Waals surface area contributed by atoms with Crippen molar-refractivity contribution in [2.75, 3.05) is 42.5 Å². The van der Waals surface area contributed by atoms with Gasteiger partial charge in [-0.15, -0.1) is 0 Å². The Labute approximate surface area is 185 Å². The minimum absolute atomic E-state index is 0.0341. The Balaban J connectivity index is 1.39. The SMILES string of the molecule is Cc1ccc(N2CC(C(=O)N3CCN(c4ccc(Cl)cc4[N+](=O)[O-])CC3)CC2=O)cc1. The van der Waals surface area contributed by atoms with E-state index in [1.807, 2.05) is 36.1 Å². The monoisotopic (exact) mass is 442 g/mol. The van der Waals surface area contributed by atoms with Gasteiger partial charge in [0, 0.05) is 55.9 Å². The molecule has 0 saturated carbocycles. The first kappa shape index (κ1) is 21.1. The van der Waals surface area contributed by atoms with Crippen LogP contribution in [0.5, 0.6) is 0 Å². The predicted octanol–water partition coefficient (Wildman–Crippen LogP) is 3.26. The normalized spacial score (nSPS) is 19.1. The van der Waals surface area contributed by atoms with Crippen LogP contribution in [0.15, 0.2) is 42.5 Å². The summed E-state index contributed by atoms with van der Waals surface area (Å²) in [6, 6.07) is 12.3. The molecule has 2 aromatic rings. The van der Waals surface area contributed by atoms with Gasteiger partial charge in [-0.1, -0.05) is 29.3 Å². The fraction of sp³-hybridized carbons (Fsp3) is 0.364. The standard InChI is InChI=1S/C22H23ClN4O4/c1-15-2-5-18(6-3-15)26-14-16(12-21(26)28)22(29)25-10-8-24(9-11-25)19-7-4-17(23)13-20(19)27(30)31/h2-7,13,16H,8-12,14H2,1H3. The van der Waals surface area contributed by atoms with Crippen molar-refractivity contribution in [3.8, 4) is 0 Å². The Morgan fingerprint density at radius 2 is 1.77 bits per heavy atom. The van der Waals surface area contributed by atoms with E-state index in [2.05, 4.69) is 0 Å². The van der Waals surface area contributed by atoms with Gasteiger partial charge >= 0.3 is 0 Å². The quantitative estimate of drug-likeness (QED) is 0.535. The van der Waals surface area contributed by atoms with Gasteiger partial charge in [0.1, 0.15) is 5.69 Å². The largest absolute Gasteiger partial charge is 0.362 e. The highest BCUT2D eigenvalue weighted by Crippen LogP contribution is 2.32. The molecule has 162 valence electrons. The van der Waals surface area contributed by atoms with Crippen LogP contribution in [0.4, 0.5) is 17.1 Å². The van der Waals surface area contributed by atoms with Gasteiger partial charge in [0.2, 0.25) is 11.8 Å². The van der Waals surface area contributed by atoms with Crippen LogP contribution in [0.3, 0.4) is 0 Å². The molecule has 0 aliphatic carbocycles. The molecule has 4 rings (SSSR count). The summed E-state index contributed by atoms with van der Waals surface area (Å²) in [7, 11) is 0. The molecular formula is C22H23ClN4O4. The molecule has 2 heterocycles. The number of hydrogen-bond acceptors (Lipinski definition) is 5. The molecule has 2 amide bonds. The van der Waals surface area contributed by atoms with E-state index in [1.165, 1.54) is 6.07 Å². The summed E-state index contributed by atoms with van der Waals surface area (Å²) in [5.41, 5.74) is 2.39. The molecule has 2 aliphatic rings. The molecular weight excluding hydrogens is 420 g/mol. The second kappa shape index (κ2) is 8.55. The summed E-state index contributed by atoms with van der Waals surface area (Å²) in [4.78, 5) is 41.8. The van der Waals surface area contributed by atoms with Gasteiger partial charge < -0.3 is 14.7 Å². The summed E-state index contributed by atoms with van der Waals surface area (Å²) in [5.74, 6) is -0.448. The average molecular weight is 443 g/mol. The number of rotatable bonds is 4. The average Bonchev–Trinajstić information content (AvgIpc) is 3.15. The van der Waals surface area contributed by atoms with E-state index < -0.39 is 4.92 Å². The molecule has 0 spiro atoms. The lowest BCUT2D eigenvalue weighted by molar-refractivity contribution is -0.384. The molecule has 0 N–H and O–H groups in total. The number of anilines is 2. The van der Waals surface area contributed by atoms with Crippen LogP contribution in [-0.2, 0) is 9.59 Å². The van der Waals surface area contributed by atoms with Crippen LogP contribution in [-0.4, -0.2) is 54.4 Å². The fourth-order valence-electron chi connectivity index (χ4n) is 4.18. The molecule has 0 aromatic heterocycles. The molecule has 1 unspecified atom stereocenters. The van der Waals surface area contributed by atoms with E-state index in [1.54, 1.807) is 21.9 Å². The summed E-state index contributed by atoms with van der Waals surface area (Å²) >= 11 is 5.91. The van der Waals surface area contributed by atoms with Crippen molar-refractivity contribution < 1.29 is 14.5 Å². The number of piperazine rings is 1. The molecule has 0 bridgehead atoms. The van der Waals surface area contributed by atoms with E-state index >= 15 is 0 Å². The maximum absolute atomic E-state index is 13.0. The summed E-state index contributed by atoms with van der Waals surface area (Å²) in [6.45, 7) is 4.23. The van der Waals surface area contributed by atoms with Gasteiger partial charge in [-0.2, -0.15) is 0 Å². The molecule has 0 radical (unpaired) electrons. The summed E-state index contributed by atoms with van der Waals surface area (Å²) in [6.07, 6.45) is 0.204. The van der Waals surface area contributed by atoms with Crippen molar-refractivity contribution in [2.45, 2.75) is 13.3 Å². The number of aryl methyl sites for hydroxylation is 1. The maximum Gasteiger partial charge on any atom is 0.294 e. The number of benzene rings is 2. The lowest BCUT2D eigenvalue weighted by Gasteiger charge is -2.36. The lowest BCUT2D eigenvalue weighted by atomic mass is 10.1. The van der Waals surface area contributed by atoms with Crippen molar-refractivity contribution in [3.05, 3.63) is 63.2 Å². The topological polar surface area (TPSA) is 87.0 Å². The molecule has 2 fully saturated rings. The van der Waals surface area contributed by atoms with Crippen LogP contribution in [0, 0.1) is 23.0 Å². The van der Waals surface area contributed by atoms with Gasteiger partial charge in [0.05, 0.1) is 10.8 Å². The number of halogens is 1. The Morgan fingerprint density at radius 1 is 1.10 bits per heavy atom. The van der Waals surface area contributed by atoms with Crippen LogP contribution in [0.2, 0.25) is 5.02 Å². The summed E-state index contributed by atoms with van der Waals surface area (Å²) < 4.78 is 0. The predicted molar refractivity (Wildman–Crippen MR) is 119 cm³/mol. The van der Waals surface area contributed by atoms with Crippen LogP contribution in [0.25, 0.3) is 0 Å². The zero-order valence-electron chi connectivity index (χ0n) is 17.2. The van der Waals surface area contributed by atoms with Crippen molar-refractivity contribution in [2.24, 2.45) is 5.92 Å². The van der Waals surface area contributed by atoms with Crippen LogP contribution in [0.1, 0.15) is 12.0 Å². The number of nitrogens with zero attached hydrogens (tertiary/aromatic N) is 4. The smallest absolute Gasteiger partial charge is 0.294 e. The van der Waals surface area contributed by atoms with Crippen LogP contribution < -0.4 is 9.80 Å². The number of carbonyl (C=O) groups is 2. The maximum atomic E-state index is 13.0. The molecule has 1 atom stereocenters. The van der Waals surface area contributed by atoms with Gasteiger partial charge in [0.25, 0.3) is 5.69 Å². The van der Waals surface area contributed by atoms with E-state index in [-0.39, 0.29) is 29.8 Å². The number of carbonyl (C=O) groups excluding carboxylic acids is 2. The Kier molecular flexibility index (Phi) is 5.82. The minimum Gasteiger partial charge on any atom is -0.362 e. The third-order valence-electron chi connectivity index (χ3n) is 5.89. The second-order valence-electron chi connectivity index (χ2n) is 7.94. The molecule has 2 aliphatic heterocycles.